The molecule has 262 valence electrons. The van der Waals surface area contributed by atoms with E-state index in [1.54, 1.807) is 0 Å². The molecule has 0 saturated carbocycles. The van der Waals surface area contributed by atoms with Gasteiger partial charge < -0.3 is 4.57 Å². The van der Waals surface area contributed by atoms with Crippen molar-refractivity contribution in [3.05, 3.63) is 169 Å². The zero-order chi connectivity index (χ0) is 36.7. The van der Waals surface area contributed by atoms with Crippen LogP contribution in [-0.2, 0) is 10.8 Å². The van der Waals surface area contributed by atoms with Crippen LogP contribution < -0.4 is 9.80 Å². The Morgan fingerprint density at radius 1 is 0.434 bits per heavy atom. The molecular formula is C47H44N6. The van der Waals surface area contributed by atoms with E-state index >= 15 is 0 Å². The first-order chi connectivity index (χ1) is 25.6. The number of anilines is 6. The summed E-state index contributed by atoms with van der Waals surface area (Å²) in [5, 5.41) is 2.27. The van der Waals surface area contributed by atoms with Gasteiger partial charge in [0.1, 0.15) is 11.6 Å². The van der Waals surface area contributed by atoms with E-state index in [1.165, 1.54) is 11.1 Å². The predicted octanol–water partition coefficient (Wildman–Crippen LogP) is 12.5. The van der Waals surface area contributed by atoms with Gasteiger partial charge in [0.05, 0.1) is 11.0 Å². The molecule has 6 nitrogen and oxygen atoms in total. The van der Waals surface area contributed by atoms with Crippen LogP contribution in [0.1, 0.15) is 52.7 Å². The lowest BCUT2D eigenvalue weighted by atomic mass is 9.87. The Morgan fingerprint density at radius 3 is 1.28 bits per heavy atom. The predicted molar refractivity (Wildman–Crippen MR) is 221 cm³/mol. The Bertz CT molecular complexity index is 2370. The number of fused-ring (bicyclic) bond motifs is 3. The van der Waals surface area contributed by atoms with Crippen molar-refractivity contribution in [1.29, 1.82) is 0 Å². The van der Waals surface area contributed by atoms with Crippen LogP contribution in [-0.4, -0.2) is 19.5 Å². The van der Waals surface area contributed by atoms with E-state index in [0.717, 1.165) is 61.9 Å². The Hall–Kier alpha value is -6.27. The van der Waals surface area contributed by atoms with Gasteiger partial charge in [-0.25, -0.2) is 9.97 Å². The lowest BCUT2D eigenvalue weighted by Gasteiger charge is -2.27. The van der Waals surface area contributed by atoms with Crippen molar-refractivity contribution in [1.82, 2.24) is 19.5 Å². The lowest BCUT2D eigenvalue weighted by molar-refractivity contribution is 0.589. The van der Waals surface area contributed by atoms with E-state index < -0.39 is 0 Å². The van der Waals surface area contributed by atoms with Crippen LogP contribution in [0.3, 0.4) is 0 Å². The highest BCUT2D eigenvalue weighted by atomic mass is 15.2. The van der Waals surface area contributed by atoms with Crippen LogP contribution in [0.25, 0.3) is 27.5 Å². The van der Waals surface area contributed by atoms with E-state index in [4.69, 9.17) is 9.97 Å². The summed E-state index contributed by atoms with van der Waals surface area (Å²) in [5.74, 6) is 1.75. The van der Waals surface area contributed by atoms with Crippen molar-refractivity contribution >= 4 is 56.2 Å². The van der Waals surface area contributed by atoms with Gasteiger partial charge in [0.15, 0.2) is 0 Å². The number of aromatic nitrogens is 4. The van der Waals surface area contributed by atoms with Crippen molar-refractivity contribution in [2.75, 3.05) is 9.80 Å². The molecule has 0 unspecified atom stereocenters. The minimum atomic E-state index is -0.0236. The number of nitrogens with zero attached hydrogens (tertiary/aromatic N) is 6. The van der Waals surface area contributed by atoms with E-state index in [2.05, 4.69) is 194 Å². The minimum Gasteiger partial charge on any atom is -0.309 e. The third-order valence-electron chi connectivity index (χ3n) is 9.88. The van der Waals surface area contributed by atoms with Gasteiger partial charge in [-0.3, -0.25) is 14.8 Å². The summed E-state index contributed by atoms with van der Waals surface area (Å²) >= 11 is 0. The number of para-hydroxylation sites is 2. The SMILES string of the molecule is CC(C)(C)c1ccnc(N(c2ccccc2)c2ccc3c(c2)c2cc(N(c4ccccc4)c4cc(C(C)(C)C)ccn4)ccc2n3-c2ccncc2)c1. The van der Waals surface area contributed by atoms with Gasteiger partial charge in [0, 0.05) is 64.0 Å². The molecule has 4 heterocycles. The summed E-state index contributed by atoms with van der Waals surface area (Å²) < 4.78 is 2.33. The molecule has 0 fully saturated rings. The number of benzene rings is 4. The molecule has 0 radical (unpaired) electrons. The van der Waals surface area contributed by atoms with E-state index in [9.17, 15) is 0 Å². The van der Waals surface area contributed by atoms with Gasteiger partial charge in [0.25, 0.3) is 0 Å². The van der Waals surface area contributed by atoms with E-state index in [-0.39, 0.29) is 10.8 Å². The average Bonchev–Trinajstić information content (AvgIpc) is 3.49. The second-order valence-electron chi connectivity index (χ2n) is 15.6. The zero-order valence-corrected chi connectivity index (χ0v) is 31.2. The first-order valence-corrected chi connectivity index (χ1v) is 18.2. The van der Waals surface area contributed by atoms with Crippen LogP contribution in [0.5, 0.6) is 0 Å². The molecule has 0 N–H and O–H groups in total. The van der Waals surface area contributed by atoms with E-state index in [1.807, 2.05) is 24.8 Å². The fourth-order valence-corrected chi connectivity index (χ4v) is 7.04. The highest BCUT2D eigenvalue weighted by Crippen LogP contribution is 2.43. The van der Waals surface area contributed by atoms with Gasteiger partial charge in [0.2, 0.25) is 0 Å². The Kier molecular flexibility index (Phi) is 8.54. The number of hydrogen-bond acceptors (Lipinski definition) is 5. The molecule has 0 bridgehead atoms. The van der Waals surface area contributed by atoms with Crippen LogP contribution in [0, 0.1) is 0 Å². The van der Waals surface area contributed by atoms with Crippen molar-refractivity contribution in [2.45, 2.75) is 52.4 Å². The maximum atomic E-state index is 4.93. The summed E-state index contributed by atoms with van der Waals surface area (Å²) in [6.45, 7) is 13.4. The molecule has 8 aromatic rings. The second kappa shape index (κ2) is 13.4. The maximum Gasteiger partial charge on any atom is 0.137 e. The maximum absolute atomic E-state index is 4.93. The molecule has 4 aromatic carbocycles. The lowest BCUT2D eigenvalue weighted by Crippen LogP contribution is -2.15. The van der Waals surface area contributed by atoms with Crippen molar-refractivity contribution in [3.63, 3.8) is 0 Å². The molecule has 8 rings (SSSR count). The molecule has 0 atom stereocenters. The van der Waals surface area contributed by atoms with Crippen LogP contribution in [0.4, 0.5) is 34.4 Å². The third-order valence-corrected chi connectivity index (χ3v) is 9.88. The van der Waals surface area contributed by atoms with Crippen molar-refractivity contribution < 1.29 is 0 Å². The molecule has 0 amide bonds. The van der Waals surface area contributed by atoms with Gasteiger partial charge >= 0.3 is 0 Å². The minimum absolute atomic E-state index is 0.0236. The van der Waals surface area contributed by atoms with Crippen LogP contribution in [0.2, 0.25) is 0 Å². The van der Waals surface area contributed by atoms with Gasteiger partial charge in [-0.2, -0.15) is 0 Å². The van der Waals surface area contributed by atoms with Gasteiger partial charge in [-0.05, 0) is 119 Å². The Balaban J connectivity index is 1.38. The van der Waals surface area contributed by atoms with E-state index in [0.29, 0.717) is 0 Å². The monoisotopic (exact) mass is 692 g/mol. The Morgan fingerprint density at radius 2 is 0.868 bits per heavy atom. The number of pyridine rings is 3. The standard InChI is InChI=1S/C47H44N6/c1-46(2,3)33-21-27-49-44(29-33)51(35-13-9-7-10-14-35)38-17-19-42-40(31-38)41-32-39(18-20-43(41)53(42)37-23-25-48-26-24-37)52(36-15-11-8-12-16-36)45-30-34(22-28-50-45)47(4,5)6/h7-32H,1-6H3. The van der Waals surface area contributed by atoms with Crippen LogP contribution >= 0.6 is 0 Å². The fraction of sp³-hybridized carbons (Fsp3) is 0.170. The normalized spacial score (nSPS) is 12.0. The molecule has 4 aromatic heterocycles. The highest BCUT2D eigenvalue weighted by molar-refractivity contribution is 6.12. The molecule has 0 aliphatic rings. The summed E-state index contributed by atoms with van der Waals surface area (Å²) in [5.41, 5.74) is 9.83. The molecule has 0 aliphatic heterocycles. The average molecular weight is 693 g/mol. The molecule has 53 heavy (non-hydrogen) atoms. The third kappa shape index (κ3) is 6.53. The quantitative estimate of drug-likeness (QED) is 0.166. The summed E-state index contributed by atoms with van der Waals surface area (Å²) in [4.78, 5) is 18.7. The first kappa shape index (κ1) is 33.9. The van der Waals surface area contributed by atoms with Gasteiger partial charge in [-0.1, -0.05) is 77.9 Å². The largest absolute Gasteiger partial charge is 0.309 e. The molecule has 0 spiro atoms. The summed E-state index contributed by atoms with van der Waals surface area (Å²) in [7, 11) is 0. The smallest absolute Gasteiger partial charge is 0.137 e. The summed E-state index contributed by atoms with van der Waals surface area (Å²) in [6.07, 6.45) is 7.55. The first-order valence-electron chi connectivity index (χ1n) is 18.2. The Labute approximate surface area is 312 Å². The molecule has 6 heteroatoms. The summed E-state index contributed by atoms with van der Waals surface area (Å²) in [6, 6.07) is 47.3. The highest BCUT2D eigenvalue weighted by Gasteiger charge is 2.23. The van der Waals surface area contributed by atoms with Gasteiger partial charge in [-0.15, -0.1) is 0 Å². The number of rotatable bonds is 7. The van der Waals surface area contributed by atoms with Crippen LogP contribution in [0.15, 0.2) is 158 Å². The topological polar surface area (TPSA) is 50.1 Å². The number of hydrogen-bond donors (Lipinski definition) is 0. The molecule has 0 aliphatic carbocycles. The van der Waals surface area contributed by atoms with Crippen molar-refractivity contribution in [3.8, 4) is 5.69 Å². The fourth-order valence-electron chi connectivity index (χ4n) is 7.04. The van der Waals surface area contributed by atoms with Crippen molar-refractivity contribution in [2.24, 2.45) is 0 Å². The molecule has 0 saturated heterocycles. The zero-order valence-electron chi connectivity index (χ0n) is 31.2. The second-order valence-corrected chi connectivity index (χ2v) is 15.6. The molecular weight excluding hydrogens is 649 g/mol.